The van der Waals surface area contributed by atoms with Gasteiger partial charge in [0.25, 0.3) is 0 Å². The standard InChI is InChI=1S/C14H11Cl3N2O2/c1-21-14(20)7-3-2-4-11(13(7)18)19-12-6-9(16)8(15)5-10(12)17/h2-6,19H,18H2,1H3. The van der Waals surface area contributed by atoms with E-state index in [2.05, 4.69) is 10.1 Å². The van der Waals surface area contributed by atoms with Crippen LogP contribution in [-0.2, 0) is 4.74 Å². The minimum Gasteiger partial charge on any atom is -0.465 e. The van der Waals surface area contributed by atoms with Crippen LogP contribution in [0.15, 0.2) is 30.3 Å². The van der Waals surface area contributed by atoms with Crippen molar-refractivity contribution >= 4 is 57.8 Å². The molecule has 0 saturated carbocycles. The Labute approximate surface area is 136 Å². The number of rotatable bonds is 3. The second-order valence-electron chi connectivity index (χ2n) is 4.13. The number of para-hydroxylation sites is 1. The fraction of sp³-hybridized carbons (Fsp3) is 0.0714. The maximum absolute atomic E-state index is 11.6. The Balaban J connectivity index is 2.41. The molecule has 2 aromatic carbocycles. The molecular weight excluding hydrogens is 335 g/mol. The van der Waals surface area contributed by atoms with E-state index >= 15 is 0 Å². The number of nitrogens with two attached hydrogens (primary N) is 1. The molecule has 2 aromatic rings. The zero-order valence-corrected chi connectivity index (χ0v) is 13.2. The van der Waals surface area contributed by atoms with Gasteiger partial charge in [0.1, 0.15) is 0 Å². The van der Waals surface area contributed by atoms with Gasteiger partial charge in [-0.15, -0.1) is 0 Å². The van der Waals surface area contributed by atoms with Crippen molar-refractivity contribution in [1.29, 1.82) is 0 Å². The molecule has 110 valence electrons. The van der Waals surface area contributed by atoms with Gasteiger partial charge in [-0.3, -0.25) is 0 Å². The summed E-state index contributed by atoms with van der Waals surface area (Å²) in [7, 11) is 1.29. The van der Waals surface area contributed by atoms with Crippen LogP contribution in [0.1, 0.15) is 10.4 Å². The van der Waals surface area contributed by atoms with Gasteiger partial charge in [0.2, 0.25) is 0 Å². The van der Waals surface area contributed by atoms with E-state index in [4.69, 9.17) is 40.5 Å². The third kappa shape index (κ3) is 3.35. The number of carbonyl (C=O) groups excluding carboxylic acids is 1. The summed E-state index contributed by atoms with van der Waals surface area (Å²) < 4.78 is 4.67. The molecule has 0 aliphatic heterocycles. The average molecular weight is 346 g/mol. The summed E-state index contributed by atoms with van der Waals surface area (Å²) in [6.07, 6.45) is 0. The molecule has 3 N–H and O–H groups in total. The Hall–Kier alpha value is -1.62. The van der Waals surface area contributed by atoms with E-state index in [-0.39, 0.29) is 11.3 Å². The van der Waals surface area contributed by atoms with Crippen molar-refractivity contribution in [3.8, 4) is 0 Å². The van der Waals surface area contributed by atoms with Gasteiger partial charge in [-0.05, 0) is 24.3 Å². The number of anilines is 3. The van der Waals surface area contributed by atoms with E-state index in [0.29, 0.717) is 26.4 Å². The molecule has 0 aliphatic rings. The number of methoxy groups -OCH3 is 1. The van der Waals surface area contributed by atoms with Gasteiger partial charge in [-0.1, -0.05) is 40.9 Å². The van der Waals surface area contributed by atoms with E-state index in [1.165, 1.54) is 13.2 Å². The lowest BCUT2D eigenvalue weighted by Crippen LogP contribution is -2.07. The first-order chi connectivity index (χ1) is 9.93. The highest BCUT2D eigenvalue weighted by Gasteiger charge is 2.14. The topological polar surface area (TPSA) is 64.3 Å². The van der Waals surface area contributed by atoms with Gasteiger partial charge in [0.15, 0.2) is 0 Å². The molecule has 0 fully saturated rings. The van der Waals surface area contributed by atoms with Gasteiger partial charge in [-0.25, -0.2) is 4.79 Å². The predicted molar refractivity (Wildman–Crippen MR) is 86.9 cm³/mol. The van der Waals surface area contributed by atoms with E-state index in [9.17, 15) is 4.79 Å². The summed E-state index contributed by atoms with van der Waals surface area (Å²) in [5.74, 6) is -0.517. The smallest absolute Gasteiger partial charge is 0.340 e. The first-order valence-corrected chi connectivity index (χ1v) is 6.95. The van der Waals surface area contributed by atoms with Crippen molar-refractivity contribution in [2.24, 2.45) is 0 Å². The van der Waals surface area contributed by atoms with Crippen molar-refractivity contribution in [2.75, 3.05) is 18.2 Å². The van der Waals surface area contributed by atoms with Crippen LogP contribution in [0.25, 0.3) is 0 Å². The maximum Gasteiger partial charge on any atom is 0.340 e. The largest absolute Gasteiger partial charge is 0.465 e. The lowest BCUT2D eigenvalue weighted by molar-refractivity contribution is 0.0602. The molecule has 0 spiro atoms. The summed E-state index contributed by atoms with van der Waals surface area (Å²) in [4.78, 5) is 11.6. The Bertz CT molecular complexity index is 705. The van der Waals surface area contributed by atoms with Crippen molar-refractivity contribution in [1.82, 2.24) is 0 Å². The quantitative estimate of drug-likeness (QED) is 0.478. The van der Waals surface area contributed by atoms with Crippen molar-refractivity contribution in [2.45, 2.75) is 0 Å². The summed E-state index contributed by atoms with van der Waals surface area (Å²) in [5, 5.41) is 4.11. The summed E-state index contributed by atoms with van der Waals surface area (Å²) in [6.45, 7) is 0. The van der Waals surface area contributed by atoms with Crippen LogP contribution in [-0.4, -0.2) is 13.1 Å². The van der Waals surface area contributed by atoms with E-state index < -0.39 is 5.97 Å². The normalized spacial score (nSPS) is 10.3. The summed E-state index contributed by atoms with van der Waals surface area (Å²) in [5.41, 5.74) is 7.52. The van der Waals surface area contributed by atoms with Crippen molar-refractivity contribution < 1.29 is 9.53 Å². The number of carbonyl (C=O) groups is 1. The molecule has 0 aliphatic carbocycles. The van der Waals surface area contributed by atoms with Gasteiger partial charge in [0, 0.05) is 0 Å². The van der Waals surface area contributed by atoms with Gasteiger partial charge in [-0.2, -0.15) is 0 Å². The van der Waals surface area contributed by atoms with E-state index in [1.54, 1.807) is 24.3 Å². The Morgan fingerprint density at radius 3 is 2.43 bits per heavy atom. The molecule has 0 bridgehead atoms. The number of nitrogens with one attached hydrogen (secondary N) is 1. The fourth-order valence-corrected chi connectivity index (χ4v) is 2.32. The Kier molecular flexibility index (Phi) is 4.83. The highest BCUT2D eigenvalue weighted by molar-refractivity contribution is 6.44. The lowest BCUT2D eigenvalue weighted by Gasteiger charge is -2.13. The summed E-state index contributed by atoms with van der Waals surface area (Å²) in [6, 6.07) is 8.06. The molecule has 0 atom stereocenters. The third-order valence-electron chi connectivity index (χ3n) is 2.79. The van der Waals surface area contributed by atoms with Crippen LogP contribution in [0.2, 0.25) is 15.1 Å². The molecule has 0 unspecified atom stereocenters. The SMILES string of the molecule is COC(=O)c1cccc(Nc2cc(Cl)c(Cl)cc2Cl)c1N. The van der Waals surface area contributed by atoms with Gasteiger partial charge >= 0.3 is 5.97 Å². The minimum atomic E-state index is -0.517. The third-order valence-corrected chi connectivity index (χ3v) is 3.83. The second kappa shape index (κ2) is 6.43. The number of hydrogen-bond acceptors (Lipinski definition) is 4. The highest BCUT2D eigenvalue weighted by atomic mass is 35.5. The van der Waals surface area contributed by atoms with Gasteiger partial charge < -0.3 is 15.8 Å². The lowest BCUT2D eigenvalue weighted by atomic mass is 10.1. The van der Waals surface area contributed by atoms with Crippen LogP contribution in [0.5, 0.6) is 0 Å². The highest BCUT2D eigenvalue weighted by Crippen LogP contribution is 2.35. The predicted octanol–water partition coefficient (Wildman–Crippen LogP) is 4.76. The Morgan fingerprint density at radius 2 is 1.76 bits per heavy atom. The summed E-state index contributed by atoms with van der Waals surface area (Å²) >= 11 is 17.9. The molecule has 0 amide bonds. The van der Waals surface area contributed by atoms with Crippen LogP contribution >= 0.6 is 34.8 Å². The van der Waals surface area contributed by atoms with Crippen LogP contribution in [0.4, 0.5) is 17.1 Å². The molecule has 21 heavy (non-hydrogen) atoms. The second-order valence-corrected chi connectivity index (χ2v) is 5.35. The molecular formula is C14H11Cl3N2O2. The first-order valence-electron chi connectivity index (χ1n) is 5.82. The fourth-order valence-electron chi connectivity index (χ4n) is 1.73. The number of hydrogen-bond donors (Lipinski definition) is 2. The molecule has 0 aromatic heterocycles. The number of benzene rings is 2. The molecule has 0 radical (unpaired) electrons. The van der Waals surface area contributed by atoms with Crippen LogP contribution in [0, 0.1) is 0 Å². The Morgan fingerprint density at radius 1 is 1.10 bits per heavy atom. The average Bonchev–Trinajstić information content (AvgIpc) is 2.46. The molecule has 0 heterocycles. The van der Waals surface area contributed by atoms with Crippen LogP contribution in [0.3, 0.4) is 0 Å². The molecule has 7 heteroatoms. The van der Waals surface area contributed by atoms with Crippen molar-refractivity contribution in [3.05, 3.63) is 51.0 Å². The maximum atomic E-state index is 11.6. The number of halogens is 3. The van der Waals surface area contributed by atoms with Crippen LogP contribution < -0.4 is 11.1 Å². The number of ether oxygens (including phenoxy) is 1. The number of nitrogen functional groups attached to an aromatic ring is 1. The van der Waals surface area contributed by atoms with Crippen molar-refractivity contribution in [3.63, 3.8) is 0 Å². The monoisotopic (exact) mass is 344 g/mol. The minimum absolute atomic E-state index is 0.256. The molecule has 2 rings (SSSR count). The molecule has 0 saturated heterocycles. The zero-order chi connectivity index (χ0) is 15.6. The van der Waals surface area contributed by atoms with E-state index in [0.717, 1.165) is 0 Å². The number of esters is 1. The molecule has 4 nitrogen and oxygen atoms in total. The van der Waals surface area contributed by atoms with Gasteiger partial charge in [0.05, 0.1) is 44.8 Å². The zero-order valence-electron chi connectivity index (χ0n) is 10.9. The first kappa shape index (κ1) is 15.8. The van der Waals surface area contributed by atoms with E-state index in [1.807, 2.05) is 0 Å².